The highest BCUT2D eigenvalue weighted by atomic mass is 16.6. The Hall–Kier alpha value is -2.48. The van der Waals surface area contributed by atoms with Gasteiger partial charge in [-0.25, -0.2) is 0 Å². The first-order chi connectivity index (χ1) is 13.9. The molecule has 8 heteroatoms. The summed E-state index contributed by atoms with van der Waals surface area (Å²) in [4.78, 5) is 39.7. The van der Waals surface area contributed by atoms with Crippen molar-refractivity contribution >= 4 is 23.2 Å². The number of non-ortho nitro benzene ring substituents is 1. The molecule has 0 radical (unpaired) electrons. The second kappa shape index (κ2) is 9.82. The summed E-state index contributed by atoms with van der Waals surface area (Å²) in [5.74, 6) is 0.153. The predicted octanol–water partition coefficient (Wildman–Crippen LogP) is 2.96. The standard InChI is InChI=1S/C21H30N4O4/c1-16-6-7-18(25(28)29)14-19(16)22-20(26)15-23-12-8-17(9-13-23)21(27)24-10-4-2-3-5-11-24/h6-7,14,17H,2-5,8-13,15H2,1H3,(H,22,26). The van der Waals surface area contributed by atoms with Crippen LogP contribution in [0.2, 0.25) is 0 Å². The van der Waals surface area contributed by atoms with Crippen molar-refractivity contribution in [2.24, 2.45) is 5.92 Å². The highest BCUT2D eigenvalue weighted by molar-refractivity contribution is 5.93. The number of likely N-dealkylation sites (tertiary alicyclic amines) is 2. The maximum atomic E-state index is 12.8. The molecule has 0 bridgehead atoms. The van der Waals surface area contributed by atoms with E-state index in [0.717, 1.165) is 44.3 Å². The first-order valence-corrected chi connectivity index (χ1v) is 10.5. The van der Waals surface area contributed by atoms with Gasteiger partial charge in [0.05, 0.1) is 17.2 Å². The quantitative estimate of drug-likeness (QED) is 0.603. The molecule has 0 atom stereocenters. The molecule has 2 aliphatic heterocycles. The van der Waals surface area contributed by atoms with Crippen molar-refractivity contribution in [3.63, 3.8) is 0 Å². The Morgan fingerprint density at radius 3 is 2.38 bits per heavy atom. The minimum atomic E-state index is -0.471. The molecule has 3 rings (SSSR count). The molecule has 1 aromatic carbocycles. The van der Waals surface area contributed by atoms with Crippen molar-refractivity contribution in [3.8, 4) is 0 Å². The molecule has 8 nitrogen and oxygen atoms in total. The van der Waals surface area contributed by atoms with Gasteiger partial charge in [0.15, 0.2) is 0 Å². The molecule has 0 saturated carbocycles. The van der Waals surface area contributed by atoms with Crippen LogP contribution in [0.15, 0.2) is 18.2 Å². The van der Waals surface area contributed by atoms with Gasteiger partial charge in [-0.1, -0.05) is 18.9 Å². The number of aryl methyl sites for hydroxylation is 1. The van der Waals surface area contributed by atoms with Crippen LogP contribution >= 0.6 is 0 Å². The molecule has 0 aromatic heterocycles. The minimum absolute atomic E-state index is 0.0428. The summed E-state index contributed by atoms with van der Waals surface area (Å²) in [6.07, 6.45) is 6.17. The van der Waals surface area contributed by atoms with Gasteiger partial charge < -0.3 is 10.2 Å². The first-order valence-electron chi connectivity index (χ1n) is 10.5. The van der Waals surface area contributed by atoms with Crippen LogP contribution in [0.3, 0.4) is 0 Å². The molecule has 1 N–H and O–H groups in total. The SMILES string of the molecule is Cc1ccc([N+](=O)[O-])cc1NC(=O)CN1CCC(C(=O)N2CCCCCC2)CC1. The van der Waals surface area contributed by atoms with E-state index in [1.807, 2.05) is 9.80 Å². The Bertz CT molecular complexity index is 751. The van der Waals surface area contributed by atoms with E-state index in [2.05, 4.69) is 5.32 Å². The molecule has 1 aromatic rings. The molecule has 2 aliphatic rings. The van der Waals surface area contributed by atoms with E-state index in [1.165, 1.54) is 25.0 Å². The van der Waals surface area contributed by atoms with Crippen molar-refractivity contribution < 1.29 is 14.5 Å². The highest BCUT2D eigenvalue weighted by Gasteiger charge is 2.29. The third-order valence-corrected chi connectivity index (χ3v) is 5.93. The van der Waals surface area contributed by atoms with E-state index in [9.17, 15) is 19.7 Å². The van der Waals surface area contributed by atoms with E-state index in [1.54, 1.807) is 13.0 Å². The third-order valence-electron chi connectivity index (χ3n) is 5.93. The van der Waals surface area contributed by atoms with E-state index in [-0.39, 0.29) is 30.0 Å². The number of piperidine rings is 1. The Balaban J connectivity index is 1.48. The number of anilines is 1. The lowest BCUT2D eigenvalue weighted by Crippen LogP contribution is -2.44. The molecule has 158 valence electrons. The van der Waals surface area contributed by atoms with Gasteiger partial charge in [0.2, 0.25) is 11.8 Å². The largest absolute Gasteiger partial charge is 0.342 e. The van der Waals surface area contributed by atoms with Gasteiger partial charge in [0.25, 0.3) is 5.69 Å². The number of carbonyl (C=O) groups excluding carboxylic acids is 2. The zero-order chi connectivity index (χ0) is 20.8. The van der Waals surface area contributed by atoms with Crippen molar-refractivity contribution in [3.05, 3.63) is 33.9 Å². The summed E-state index contributed by atoms with van der Waals surface area (Å²) in [5.41, 5.74) is 1.21. The van der Waals surface area contributed by atoms with Crippen LogP contribution < -0.4 is 5.32 Å². The number of hydrogen-bond acceptors (Lipinski definition) is 5. The lowest BCUT2D eigenvalue weighted by atomic mass is 9.95. The molecular weight excluding hydrogens is 372 g/mol. The van der Waals surface area contributed by atoms with Crippen LogP contribution in [-0.4, -0.2) is 59.3 Å². The number of carbonyl (C=O) groups is 2. The van der Waals surface area contributed by atoms with Crippen LogP contribution in [0.5, 0.6) is 0 Å². The topological polar surface area (TPSA) is 95.8 Å². The van der Waals surface area contributed by atoms with E-state index >= 15 is 0 Å². The Labute approximate surface area is 171 Å². The summed E-state index contributed by atoms with van der Waals surface area (Å²) in [6.45, 7) is 5.22. The highest BCUT2D eigenvalue weighted by Crippen LogP contribution is 2.23. The van der Waals surface area contributed by atoms with E-state index < -0.39 is 4.92 Å². The summed E-state index contributed by atoms with van der Waals surface area (Å²) >= 11 is 0. The van der Waals surface area contributed by atoms with Gasteiger partial charge >= 0.3 is 0 Å². The summed E-state index contributed by atoms with van der Waals surface area (Å²) in [6, 6.07) is 4.45. The zero-order valence-corrected chi connectivity index (χ0v) is 17.1. The number of nitrogens with one attached hydrogen (secondary N) is 1. The van der Waals surface area contributed by atoms with Crippen molar-refractivity contribution in [2.45, 2.75) is 45.4 Å². The average molecular weight is 402 g/mol. The lowest BCUT2D eigenvalue weighted by molar-refractivity contribution is -0.384. The fraction of sp³-hybridized carbons (Fsp3) is 0.619. The second-order valence-electron chi connectivity index (χ2n) is 8.09. The molecule has 0 aliphatic carbocycles. The van der Waals surface area contributed by atoms with Gasteiger partial charge in [0.1, 0.15) is 0 Å². The van der Waals surface area contributed by atoms with E-state index in [4.69, 9.17) is 0 Å². The fourth-order valence-electron chi connectivity index (χ4n) is 4.14. The van der Waals surface area contributed by atoms with Gasteiger partial charge in [-0.15, -0.1) is 0 Å². The minimum Gasteiger partial charge on any atom is -0.342 e. The maximum Gasteiger partial charge on any atom is 0.271 e. The smallest absolute Gasteiger partial charge is 0.271 e. The van der Waals surface area contributed by atoms with Crippen molar-refractivity contribution in [2.75, 3.05) is 38.0 Å². The molecule has 0 unspecified atom stereocenters. The molecule has 29 heavy (non-hydrogen) atoms. The molecular formula is C21H30N4O4. The third kappa shape index (κ3) is 5.76. The monoisotopic (exact) mass is 402 g/mol. The van der Waals surface area contributed by atoms with E-state index in [0.29, 0.717) is 18.8 Å². The van der Waals surface area contributed by atoms with Gasteiger partial charge in [-0.05, 0) is 51.3 Å². The number of nitro benzene ring substituents is 1. The molecule has 2 amide bonds. The first kappa shape index (κ1) is 21.2. The number of nitrogens with zero attached hydrogens (tertiary/aromatic N) is 3. The predicted molar refractivity (Wildman–Crippen MR) is 111 cm³/mol. The van der Waals surface area contributed by atoms with Gasteiger partial charge in [-0.2, -0.15) is 0 Å². The van der Waals surface area contributed by atoms with Gasteiger partial charge in [0, 0.05) is 31.1 Å². The Morgan fingerprint density at radius 2 is 1.76 bits per heavy atom. The molecule has 2 saturated heterocycles. The number of amides is 2. The number of benzene rings is 1. The Morgan fingerprint density at radius 1 is 1.10 bits per heavy atom. The summed E-state index contributed by atoms with van der Waals surface area (Å²) in [5, 5.41) is 13.7. The molecule has 2 fully saturated rings. The van der Waals surface area contributed by atoms with Crippen LogP contribution in [0.1, 0.15) is 44.1 Å². The van der Waals surface area contributed by atoms with Crippen LogP contribution in [0, 0.1) is 23.0 Å². The van der Waals surface area contributed by atoms with Crippen molar-refractivity contribution in [1.29, 1.82) is 0 Å². The number of nitro groups is 1. The maximum absolute atomic E-state index is 12.8. The normalized spacial score (nSPS) is 18.9. The molecule has 0 spiro atoms. The Kier molecular flexibility index (Phi) is 7.19. The summed E-state index contributed by atoms with van der Waals surface area (Å²) in [7, 11) is 0. The average Bonchev–Trinajstić information content (AvgIpc) is 2.99. The number of rotatable bonds is 5. The summed E-state index contributed by atoms with van der Waals surface area (Å²) < 4.78 is 0. The van der Waals surface area contributed by atoms with Gasteiger partial charge in [-0.3, -0.25) is 24.6 Å². The van der Waals surface area contributed by atoms with Crippen LogP contribution in [0.4, 0.5) is 11.4 Å². The number of hydrogen-bond donors (Lipinski definition) is 1. The van der Waals surface area contributed by atoms with Crippen LogP contribution in [0.25, 0.3) is 0 Å². The van der Waals surface area contributed by atoms with Crippen LogP contribution in [-0.2, 0) is 9.59 Å². The van der Waals surface area contributed by atoms with Crippen molar-refractivity contribution in [1.82, 2.24) is 9.80 Å². The zero-order valence-electron chi connectivity index (χ0n) is 17.1. The second-order valence-corrected chi connectivity index (χ2v) is 8.09. The fourth-order valence-corrected chi connectivity index (χ4v) is 4.14. The molecule has 2 heterocycles. The lowest BCUT2D eigenvalue weighted by Gasteiger charge is -2.33.